The largest absolute Gasteiger partial charge is 0.376 e. The van der Waals surface area contributed by atoms with E-state index < -0.39 is 0 Å². The highest BCUT2D eigenvalue weighted by Crippen LogP contribution is 2.48. The third-order valence-electron chi connectivity index (χ3n) is 4.64. The third-order valence-corrected chi connectivity index (χ3v) is 4.64. The van der Waals surface area contributed by atoms with E-state index in [2.05, 4.69) is 15.6 Å². The van der Waals surface area contributed by atoms with Crippen molar-refractivity contribution >= 4 is 5.96 Å². The zero-order chi connectivity index (χ0) is 15.4. The van der Waals surface area contributed by atoms with Gasteiger partial charge < -0.3 is 15.4 Å². The van der Waals surface area contributed by atoms with Crippen molar-refractivity contribution < 1.29 is 9.13 Å². The fourth-order valence-corrected chi connectivity index (χ4v) is 3.07. The Bertz CT molecular complexity index is 536. The summed E-state index contributed by atoms with van der Waals surface area (Å²) >= 11 is 0. The van der Waals surface area contributed by atoms with Gasteiger partial charge in [-0.15, -0.1) is 0 Å². The zero-order valence-corrected chi connectivity index (χ0v) is 13.1. The molecule has 1 heterocycles. The molecule has 2 N–H and O–H groups in total. The number of hydrogen-bond donors (Lipinski definition) is 2. The van der Waals surface area contributed by atoms with E-state index in [9.17, 15) is 4.39 Å². The Hall–Kier alpha value is -1.62. The zero-order valence-electron chi connectivity index (χ0n) is 13.1. The quantitative estimate of drug-likeness (QED) is 0.647. The molecular formula is C17H24FN3O. The molecule has 1 aromatic carbocycles. The summed E-state index contributed by atoms with van der Waals surface area (Å²) in [6, 6.07) is 7.08. The fraction of sp³-hybridized carbons (Fsp3) is 0.588. The highest BCUT2D eigenvalue weighted by molar-refractivity contribution is 5.79. The molecule has 1 unspecified atom stereocenters. The number of ether oxygens (including phenoxy) is 1. The maximum absolute atomic E-state index is 14.0. The second-order valence-electron chi connectivity index (χ2n) is 6.20. The van der Waals surface area contributed by atoms with Crippen LogP contribution in [-0.2, 0) is 10.2 Å². The van der Waals surface area contributed by atoms with Crippen LogP contribution >= 0.6 is 0 Å². The molecule has 4 nitrogen and oxygen atoms in total. The summed E-state index contributed by atoms with van der Waals surface area (Å²) in [5, 5.41) is 6.64. The summed E-state index contributed by atoms with van der Waals surface area (Å²) in [4.78, 5) is 4.24. The van der Waals surface area contributed by atoms with E-state index in [0.717, 1.165) is 50.4 Å². The van der Waals surface area contributed by atoms with Gasteiger partial charge in [0.05, 0.1) is 6.10 Å². The van der Waals surface area contributed by atoms with Gasteiger partial charge >= 0.3 is 0 Å². The number of aliphatic imine (C=N–C) groups is 1. The Morgan fingerprint density at radius 1 is 1.36 bits per heavy atom. The highest BCUT2D eigenvalue weighted by Gasteiger charge is 2.45. The lowest BCUT2D eigenvalue weighted by Crippen LogP contribution is -2.43. The molecule has 1 saturated carbocycles. The molecule has 2 fully saturated rings. The van der Waals surface area contributed by atoms with Crippen LogP contribution in [-0.4, -0.2) is 38.8 Å². The summed E-state index contributed by atoms with van der Waals surface area (Å²) in [6.45, 7) is 2.33. The van der Waals surface area contributed by atoms with Gasteiger partial charge in [-0.05, 0) is 37.3 Å². The minimum atomic E-state index is -0.107. The van der Waals surface area contributed by atoms with Crippen molar-refractivity contribution in [2.45, 2.75) is 37.2 Å². The molecule has 1 aliphatic heterocycles. The lowest BCUT2D eigenvalue weighted by Gasteiger charge is -2.20. The Morgan fingerprint density at radius 2 is 2.18 bits per heavy atom. The first-order valence-electron chi connectivity index (χ1n) is 8.05. The van der Waals surface area contributed by atoms with Crippen LogP contribution in [0.5, 0.6) is 0 Å². The van der Waals surface area contributed by atoms with E-state index in [-0.39, 0.29) is 17.3 Å². The van der Waals surface area contributed by atoms with Crippen LogP contribution in [0.15, 0.2) is 29.3 Å². The monoisotopic (exact) mass is 305 g/mol. The lowest BCUT2D eigenvalue weighted by atomic mass is 9.95. The molecular weight excluding hydrogens is 281 g/mol. The van der Waals surface area contributed by atoms with Crippen molar-refractivity contribution in [2.75, 3.05) is 26.7 Å². The van der Waals surface area contributed by atoms with Crippen molar-refractivity contribution in [3.63, 3.8) is 0 Å². The molecule has 1 atom stereocenters. The SMILES string of the molecule is CN=C(NCC1CCCO1)NCC1(c2ccccc2F)CC1. The van der Waals surface area contributed by atoms with Crippen LogP contribution in [0.2, 0.25) is 0 Å². The number of guanidine groups is 1. The van der Waals surface area contributed by atoms with Crippen molar-refractivity contribution in [2.24, 2.45) is 4.99 Å². The first kappa shape index (κ1) is 15.3. The Labute approximate surface area is 131 Å². The van der Waals surface area contributed by atoms with Gasteiger partial charge in [0.25, 0.3) is 0 Å². The van der Waals surface area contributed by atoms with Crippen molar-refractivity contribution in [3.05, 3.63) is 35.6 Å². The number of benzene rings is 1. The van der Waals surface area contributed by atoms with Crippen LogP contribution in [0.25, 0.3) is 0 Å². The summed E-state index contributed by atoms with van der Waals surface area (Å²) in [5.41, 5.74) is 0.740. The second kappa shape index (κ2) is 6.65. The topological polar surface area (TPSA) is 45.7 Å². The van der Waals surface area contributed by atoms with E-state index >= 15 is 0 Å². The molecule has 0 spiro atoms. The minimum Gasteiger partial charge on any atom is -0.376 e. The molecule has 2 aliphatic rings. The van der Waals surface area contributed by atoms with Crippen molar-refractivity contribution in [3.8, 4) is 0 Å². The molecule has 0 aromatic heterocycles. The van der Waals surface area contributed by atoms with E-state index in [4.69, 9.17) is 4.74 Å². The summed E-state index contributed by atoms with van der Waals surface area (Å²) in [6.07, 6.45) is 4.55. The summed E-state index contributed by atoms with van der Waals surface area (Å²) in [7, 11) is 1.76. The Morgan fingerprint density at radius 3 is 2.82 bits per heavy atom. The number of nitrogens with zero attached hydrogens (tertiary/aromatic N) is 1. The van der Waals surface area contributed by atoms with E-state index in [1.807, 2.05) is 12.1 Å². The average molecular weight is 305 g/mol. The first-order valence-corrected chi connectivity index (χ1v) is 8.05. The summed E-state index contributed by atoms with van der Waals surface area (Å²) in [5.74, 6) is 0.655. The van der Waals surface area contributed by atoms with Gasteiger partial charge in [-0.3, -0.25) is 4.99 Å². The molecule has 0 radical (unpaired) electrons. The minimum absolute atomic E-state index is 0.0766. The Kier molecular flexibility index (Phi) is 4.62. The molecule has 5 heteroatoms. The fourth-order valence-electron chi connectivity index (χ4n) is 3.07. The molecule has 0 amide bonds. The maximum atomic E-state index is 14.0. The third kappa shape index (κ3) is 3.40. The summed E-state index contributed by atoms with van der Waals surface area (Å²) < 4.78 is 19.6. The van der Waals surface area contributed by atoms with Crippen LogP contribution in [0, 0.1) is 5.82 Å². The van der Waals surface area contributed by atoms with Crippen LogP contribution < -0.4 is 10.6 Å². The second-order valence-corrected chi connectivity index (χ2v) is 6.20. The van der Waals surface area contributed by atoms with Gasteiger partial charge in [0.15, 0.2) is 5.96 Å². The molecule has 0 bridgehead atoms. The van der Waals surface area contributed by atoms with Gasteiger partial charge in [-0.25, -0.2) is 4.39 Å². The van der Waals surface area contributed by atoms with Gasteiger partial charge in [0.2, 0.25) is 0 Å². The molecule has 120 valence electrons. The highest BCUT2D eigenvalue weighted by atomic mass is 19.1. The predicted octanol–water partition coefficient (Wildman–Crippen LogP) is 2.20. The number of nitrogens with one attached hydrogen (secondary N) is 2. The number of halogens is 1. The maximum Gasteiger partial charge on any atom is 0.191 e. The smallest absolute Gasteiger partial charge is 0.191 e. The first-order chi connectivity index (χ1) is 10.7. The van der Waals surface area contributed by atoms with Gasteiger partial charge in [-0.1, -0.05) is 18.2 Å². The number of hydrogen-bond acceptors (Lipinski definition) is 2. The van der Waals surface area contributed by atoms with E-state index in [1.165, 1.54) is 0 Å². The van der Waals surface area contributed by atoms with Crippen LogP contribution in [0.4, 0.5) is 4.39 Å². The molecule has 1 saturated heterocycles. The predicted molar refractivity (Wildman–Crippen MR) is 85.7 cm³/mol. The molecule has 22 heavy (non-hydrogen) atoms. The standard InChI is InChI=1S/C17H24FN3O/c1-19-16(20-11-13-5-4-10-22-13)21-12-17(8-9-17)14-6-2-3-7-15(14)18/h2-3,6-7,13H,4-5,8-12H2,1H3,(H2,19,20,21). The van der Waals surface area contributed by atoms with Crippen LogP contribution in [0.1, 0.15) is 31.2 Å². The van der Waals surface area contributed by atoms with Gasteiger partial charge in [0.1, 0.15) is 5.82 Å². The number of rotatable bonds is 5. The van der Waals surface area contributed by atoms with Gasteiger partial charge in [0, 0.05) is 32.2 Å². The average Bonchev–Trinajstić information content (AvgIpc) is 3.13. The van der Waals surface area contributed by atoms with Gasteiger partial charge in [-0.2, -0.15) is 0 Å². The lowest BCUT2D eigenvalue weighted by molar-refractivity contribution is 0.114. The molecule has 3 rings (SSSR count). The molecule has 1 aromatic rings. The van der Waals surface area contributed by atoms with E-state index in [1.54, 1.807) is 19.2 Å². The Balaban J connectivity index is 1.53. The van der Waals surface area contributed by atoms with E-state index in [0.29, 0.717) is 6.54 Å². The molecule has 1 aliphatic carbocycles. The van der Waals surface area contributed by atoms with Crippen molar-refractivity contribution in [1.29, 1.82) is 0 Å². The van der Waals surface area contributed by atoms with Crippen molar-refractivity contribution in [1.82, 2.24) is 10.6 Å². The van der Waals surface area contributed by atoms with Crippen LogP contribution in [0.3, 0.4) is 0 Å². The normalized spacial score (nSPS) is 23.4.